The van der Waals surface area contributed by atoms with Crippen LogP contribution in [0.4, 0.5) is 14.6 Å². The molecule has 0 amide bonds. The van der Waals surface area contributed by atoms with Crippen molar-refractivity contribution in [3.63, 3.8) is 0 Å². The molecule has 0 saturated heterocycles. The van der Waals surface area contributed by atoms with E-state index in [1.165, 1.54) is 0 Å². The van der Waals surface area contributed by atoms with Crippen LogP contribution in [0.1, 0.15) is 17.6 Å². The Bertz CT molecular complexity index is 320. The van der Waals surface area contributed by atoms with Gasteiger partial charge in [-0.15, -0.1) is 0 Å². The first kappa shape index (κ1) is 10.3. The number of aliphatic hydroxyl groups is 1. The van der Waals surface area contributed by atoms with E-state index in [2.05, 4.69) is 20.9 Å². The molecule has 0 saturated carbocycles. The van der Waals surface area contributed by atoms with Gasteiger partial charge in [-0.05, 0) is 22.0 Å². The molecule has 0 aliphatic carbocycles. The van der Waals surface area contributed by atoms with Crippen LogP contribution in [0.5, 0.6) is 0 Å². The quantitative estimate of drug-likeness (QED) is 0.791. The molecule has 0 spiro atoms. The second-order valence-electron chi connectivity index (χ2n) is 2.37. The van der Waals surface area contributed by atoms with E-state index >= 15 is 0 Å². The topological polar surface area (TPSA) is 59.1 Å². The Labute approximate surface area is 81.7 Å². The summed E-state index contributed by atoms with van der Waals surface area (Å²) in [5.74, 6) is 0.0544. The summed E-state index contributed by atoms with van der Waals surface area (Å²) in [4.78, 5) is 3.62. The molecule has 1 aromatic heterocycles. The average molecular weight is 253 g/mol. The normalized spacial score (nSPS) is 10.8. The predicted molar refractivity (Wildman–Crippen MR) is 47.2 cm³/mol. The first-order chi connectivity index (χ1) is 6.06. The van der Waals surface area contributed by atoms with E-state index in [-0.39, 0.29) is 21.5 Å². The Hall–Kier alpha value is -0.750. The van der Waals surface area contributed by atoms with Gasteiger partial charge in [0, 0.05) is 5.56 Å². The van der Waals surface area contributed by atoms with Gasteiger partial charge in [0.25, 0.3) is 6.43 Å². The summed E-state index contributed by atoms with van der Waals surface area (Å²) in [6.07, 6.45) is -2.63. The van der Waals surface area contributed by atoms with Crippen LogP contribution in [0.25, 0.3) is 0 Å². The highest BCUT2D eigenvalue weighted by Crippen LogP contribution is 2.28. The van der Waals surface area contributed by atoms with Crippen LogP contribution in [0.2, 0.25) is 0 Å². The fraction of sp³-hybridized carbons (Fsp3) is 0.286. The Kier molecular flexibility index (Phi) is 3.16. The lowest BCUT2D eigenvalue weighted by Gasteiger charge is -2.07. The lowest BCUT2D eigenvalue weighted by Crippen LogP contribution is -2.01. The number of anilines is 1. The van der Waals surface area contributed by atoms with Crippen molar-refractivity contribution in [3.8, 4) is 0 Å². The maximum atomic E-state index is 12.3. The number of rotatable bonds is 2. The molecule has 72 valence electrons. The van der Waals surface area contributed by atoms with E-state index in [0.717, 1.165) is 6.07 Å². The molecule has 3 N–H and O–H groups in total. The van der Waals surface area contributed by atoms with Crippen LogP contribution in [-0.2, 0) is 6.61 Å². The minimum absolute atomic E-state index is 0.0113. The van der Waals surface area contributed by atoms with Crippen molar-refractivity contribution in [2.75, 3.05) is 5.73 Å². The zero-order valence-corrected chi connectivity index (χ0v) is 8.05. The number of pyridine rings is 1. The van der Waals surface area contributed by atoms with E-state index < -0.39 is 13.0 Å². The Morgan fingerprint density at radius 1 is 1.62 bits per heavy atom. The van der Waals surface area contributed by atoms with Crippen LogP contribution >= 0.6 is 15.9 Å². The fourth-order valence-corrected chi connectivity index (χ4v) is 1.32. The molecule has 0 bridgehead atoms. The number of nitrogen functional groups attached to an aromatic ring is 1. The second kappa shape index (κ2) is 3.97. The molecule has 6 heteroatoms. The highest BCUT2D eigenvalue weighted by Gasteiger charge is 2.15. The first-order valence-electron chi connectivity index (χ1n) is 3.40. The van der Waals surface area contributed by atoms with Crippen molar-refractivity contribution in [2.24, 2.45) is 0 Å². The molecule has 0 aliphatic rings. The van der Waals surface area contributed by atoms with E-state index in [4.69, 9.17) is 10.8 Å². The molecular formula is C7H7BrF2N2O. The van der Waals surface area contributed by atoms with Gasteiger partial charge in [0.15, 0.2) is 0 Å². The van der Waals surface area contributed by atoms with Gasteiger partial charge in [-0.3, -0.25) is 0 Å². The summed E-state index contributed by atoms with van der Waals surface area (Å²) < 4.78 is 24.6. The predicted octanol–water partition coefficient (Wildman–Crippen LogP) is 1.86. The summed E-state index contributed by atoms with van der Waals surface area (Å²) in [6.45, 7) is -0.397. The van der Waals surface area contributed by atoms with Crippen molar-refractivity contribution in [1.29, 1.82) is 0 Å². The Morgan fingerprint density at radius 3 is 2.69 bits per heavy atom. The number of nitrogens with two attached hydrogens (primary N) is 1. The monoisotopic (exact) mass is 252 g/mol. The summed E-state index contributed by atoms with van der Waals surface area (Å²) in [7, 11) is 0. The molecule has 13 heavy (non-hydrogen) atoms. The van der Waals surface area contributed by atoms with Gasteiger partial charge >= 0.3 is 0 Å². The summed E-state index contributed by atoms with van der Waals surface area (Å²) in [5, 5.41) is 8.74. The molecule has 1 rings (SSSR count). The van der Waals surface area contributed by atoms with Gasteiger partial charge in [-0.25, -0.2) is 13.8 Å². The van der Waals surface area contributed by atoms with Crippen LogP contribution in [0, 0.1) is 0 Å². The number of alkyl halides is 2. The number of nitrogens with zero attached hydrogens (tertiary/aromatic N) is 1. The molecule has 0 unspecified atom stereocenters. The zero-order chi connectivity index (χ0) is 10.0. The van der Waals surface area contributed by atoms with Crippen LogP contribution < -0.4 is 5.73 Å². The van der Waals surface area contributed by atoms with Gasteiger partial charge in [0.1, 0.15) is 10.4 Å². The molecule has 0 radical (unpaired) electrons. The number of halogens is 3. The third-order valence-electron chi connectivity index (χ3n) is 1.52. The highest BCUT2D eigenvalue weighted by molar-refractivity contribution is 9.10. The standard InChI is InChI=1S/C7H7BrF2N2O/c8-5-4(6(9)10)1-3(2-13)7(11)12-5/h1,6,13H,2H2,(H2,11,12). The maximum Gasteiger partial charge on any atom is 0.266 e. The molecule has 0 atom stereocenters. The maximum absolute atomic E-state index is 12.3. The lowest BCUT2D eigenvalue weighted by molar-refractivity contribution is 0.149. The SMILES string of the molecule is Nc1nc(Br)c(C(F)F)cc1CO. The van der Waals surface area contributed by atoms with Gasteiger partial charge in [-0.1, -0.05) is 0 Å². The molecule has 1 aromatic rings. The second-order valence-corrected chi connectivity index (χ2v) is 3.12. The van der Waals surface area contributed by atoms with E-state index in [9.17, 15) is 8.78 Å². The van der Waals surface area contributed by atoms with Gasteiger partial charge in [0.05, 0.1) is 12.2 Å². The summed E-state index contributed by atoms with van der Waals surface area (Å²) in [6, 6.07) is 1.14. The van der Waals surface area contributed by atoms with Gasteiger partial charge in [0.2, 0.25) is 0 Å². The minimum Gasteiger partial charge on any atom is -0.392 e. The third kappa shape index (κ3) is 2.13. The number of aromatic nitrogens is 1. The summed E-state index contributed by atoms with van der Waals surface area (Å²) in [5.41, 5.74) is 5.30. The zero-order valence-electron chi connectivity index (χ0n) is 6.47. The largest absolute Gasteiger partial charge is 0.392 e. The molecule has 0 fully saturated rings. The third-order valence-corrected chi connectivity index (χ3v) is 2.16. The van der Waals surface area contributed by atoms with Crippen molar-refractivity contribution in [3.05, 3.63) is 21.8 Å². The van der Waals surface area contributed by atoms with E-state index in [1.54, 1.807) is 0 Å². The smallest absolute Gasteiger partial charge is 0.266 e. The van der Waals surface area contributed by atoms with Gasteiger partial charge < -0.3 is 10.8 Å². The molecule has 1 heterocycles. The highest BCUT2D eigenvalue weighted by atomic mass is 79.9. The van der Waals surface area contributed by atoms with Crippen LogP contribution in [-0.4, -0.2) is 10.1 Å². The molecule has 0 aromatic carbocycles. The molecule has 3 nitrogen and oxygen atoms in total. The van der Waals surface area contributed by atoms with Crippen molar-refractivity contribution >= 4 is 21.7 Å². The number of aliphatic hydroxyl groups excluding tert-OH is 1. The van der Waals surface area contributed by atoms with Crippen molar-refractivity contribution in [2.45, 2.75) is 13.0 Å². The fourth-order valence-electron chi connectivity index (χ4n) is 0.843. The first-order valence-corrected chi connectivity index (χ1v) is 4.19. The van der Waals surface area contributed by atoms with E-state index in [0.29, 0.717) is 0 Å². The van der Waals surface area contributed by atoms with Gasteiger partial charge in [-0.2, -0.15) is 0 Å². The molecular weight excluding hydrogens is 246 g/mol. The van der Waals surface area contributed by atoms with E-state index in [1.807, 2.05) is 0 Å². The Balaban J connectivity index is 3.22. The van der Waals surface area contributed by atoms with Crippen molar-refractivity contribution in [1.82, 2.24) is 4.98 Å². The summed E-state index contributed by atoms with van der Waals surface area (Å²) >= 11 is 2.86. The molecule has 0 aliphatic heterocycles. The minimum atomic E-state index is -2.63. The van der Waals surface area contributed by atoms with Crippen molar-refractivity contribution < 1.29 is 13.9 Å². The number of hydrogen-bond acceptors (Lipinski definition) is 3. The lowest BCUT2D eigenvalue weighted by atomic mass is 10.2. The van der Waals surface area contributed by atoms with Crippen LogP contribution in [0.3, 0.4) is 0 Å². The Morgan fingerprint density at radius 2 is 2.23 bits per heavy atom. The van der Waals surface area contributed by atoms with Crippen LogP contribution in [0.15, 0.2) is 10.7 Å². The number of hydrogen-bond donors (Lipinski definition) is 2. The average Bonchev–Trinajstić information content (AvgIpc) is 2.03.